The van der Waals surface area contributed by atoms with Crippen molar-refractivity contribution in [3.05, 3.63) is 58.1 Å². The number of carbonyl (C=O) groups is 2. The molecule has 0 radical (unpaired) electrons. The molecule has 25 heavy (non-hydrogen) atoms. The van der Waals surface area contributed by atoms with Gasteiger partial charge in [0.15, 0.2) is 13.1 Å². The molecule has 0 spiro atoms. The van der Waals surface area contributed by atoms with Gasteiger partial charge in [-0.25, -0.2) is 0 Å². The van der Waals surface area contributed by atoms with E-state index < -0.39 is 0 Å². The molecule has 0 heterocycles. The Bertz CT molecular complexity index is 763. The van der Waals surface area contributed by atoms with Gasteiger partial charge in [0.05, 0.1) is 7.05 Å². The normalized spacial score (nSPS) is 11.7. The molecule has 132 valence electrons. The molecule has 2 rings (SSSR count). The number of hydrogen-bond donors (Lipinski definition) is 3. The predicted molar refractivity (Wildman–Crippen MR) is 102 cm³/mol. The molecule has 0 aliphatic heterocycles. The lowest BCUT2D eigenvalue weighted by atomic mass is 10.2. The van der Waals surface area contributed by atoms with E-state index in [2.05, 4.69) is 10.6 Å². The summed E-state index contributed by atoms with van der Waals surface area (Å²) in [7, 11) is 1.79. The van der Waals surface area contributed by atoms with Crippen molar-refractivity contribution in [3.8, 4) is 0 Å². The van der Waals surface area contributed by atoms with Crippen molar-refractivity contribution >= 4 is 46.4 Å². The predicted octanol–water partition coefficient (Wildman–Crippen LogP) is 2.39. The van der Waals surface area contributed by atoms with Gasteiger partial charge in [0.2, 0.25) is 0 Å². The zero-order valence-corrected chi connectivity index (χ0v) is 15.5. The minimum Gasteiger partial charge on any atom is -0.322 e. The zero-order valence-electron chi connectivity index (χ0n) is 14.0. The highest BCUT2D eigenvalue weighted by Crippen LogP contribution is 2.19. The van der Waals surface area contributed by atoms with E-state index in [1.165, 1.54) is 0 Å². The molecule has 0 saturated carbocycles. The fraction of sp³-hybridized carbons (Fsp3) is 0.222. The molecular weight excluding hydrogens is 361 g/mol. The molecule has 3 N–H and O–H groups in total. The second-order valence-electron chi connectivity index (χ2n) is 5.87. The number of carbonyl (C=O) groups excluding carboxylic acids is 2. The van der Waals surface area contributed by atoms with Gasteiger partial charge in [-0.3, -0.25) is 9.59 Å². The van der Waals surface area contributed by atoms with Crippen LogP contribution in [0.4, 0.5) is 11.4 Å². The van der Waals surface area contributed by atoms with Crippen LogP contribution in [0.1, 0.15) is 5.56 Å². The van der Waals surface area contributed by atoms with Crippen LogP contribution in [-0.4, -0.2) is 32.0 Å². The van der Waals surface area contributed by atoms with E-state index in [1.807, 2.05) is 6.92 Å². The van der Waals surface area contributed by atoms with Crippen molar-refractivity contribution in [2.45, 2.75) is 6.92 Å². The summed E-state index contributed by atoms with van der Waals surface area (Å²) >= 11 is 11.7. The van der Waals surface area contributed by atoms with Crippen LogP contribution in [0.3, 0.4) is 0 Å². The maximum absolute atomic E-state index is 12.1. The molecule has 0 fully saturated rings. The number of quaternary nitrogens is 1. The monoisotopic (exact) mass is 380 g/mol. The minimum absolute atomic E-state index is 0.165. The van der Waals surface area contributed by atoms with Gasteiger partial charge in [-0.15, -0.1) is 0 Å². The van der Waals surface area contributed by atoms with E-state index in [0.717, 1.165) is 10.5 Å². The first-order valence-electron chi connectivity index (χ1n) is 7.76. The Labute approximate surface area is 156 Å². The van der Waals surface area contributed by atoms with Crippen molar-refractivity contribution in [2.24, 2.45) is 0 Å². The molecule has 5 nitrogen and oxygen atoms in total. The van der Waals surface area contributed by atoms with Gasteiger partial charge in [0.25, 0.3) is 11.8 Å². The van der Waals surface area contributed by atoms with Crippen LogP contribution < -0.4 is 15.5 Å². The summed E-state index contributed by atoms with van der Waals surface area (Å²) in [6.07, 6.45) is 0. The lowest BCUT2D eigenvalue weighted by Gasteiger charge is -2.14. The van der Waals surface area contributed by atoms with Gasteiger partial charge >= 0.3 is 0 Å². The first-order chi connectivity index (χ1) is 11.8. The van der Waals surface area contributed by atoms with Crippen LogP contribution in [0.15, 0.2) is 42.5 Å². The number of hydrogen-bond acceptors (Lipinski definition) is 2. The van der Waals surface area contributed by atoms with Crippen LogP contribution in [0.25, 0.3) is 0 Å². The van der Waals surface area contributed by atoms with Crippen molar-refractivity contribution in [1.29, 1.82) is 0 Å². The molecule has 2 amide bonds. The second-order valence-corrected chi connectivity index (χ2v) is 6.75. The molecule has 7 heteroatoms. The van der Waals surface area contributed by atoms with Gasteiger partial charge < -0.3 is 15.5 Å². The van der Waals surface area contributed by atoms with Gasteiger partial charge in [-0.1, -0.05) is 23.2 Å². The Morgan fingerprint density at radius 3 is 2.08 bits per heavy atom. The minimum atomic E-state index is -0.171. The number of benzene rings is 2. The SMILES string of the molecule is Cc1cc(Cl)ccc1NC(=O)C[NH+](C)CC(=O)Nc1ccc(Cl)cc1. The number of halogens is 2. The zero-order chi connectivity index (χ0) is 18.4. The maximum Gasteiger partial charge on any atom is 0.279 e. The molecule has 0 aliphatic rings. The smallest absolute Gasteiger partial charge is 0.279 e. The Kier molecular flexibility index (Phi) is 6.82. The lowest BCUT2D eigenvalue weighted by molar-refractivity contribution is -0.862. The molecule has 2 aromatic carbocycles. The second kappa shape index (κ2) is 8.85. The maximum atomic E-state index is 12.1. The first kappa shape index (κ1) is 19.2. The summed E-state index contributed by atoms with van der Waals surface area (Å²) in [4.78, 5) is 24.9. The van der Waals surface area contributed by atoms with E-state index in [0.29, 0.717) is 21.4 Å². The van der Waals surface area contributed by atoms with Crippen molar-refractivity contribution in [1.82, 2.24) is 0 Å². The van der Waals surface area contributed by atoms with Crippen LogP contribution in [0, 0.1) is 6.92 Å². The third kappa shape index (κ3) is 6.38. The highest BCUT2D eigenvalue weighted by Gasteiger charge is 2.15. The third-order valence-corrected chi connectivity index (χ3v) is 4.00. The van der Waals surface area contributed by atoms with Gasteiger partial charge in [-0.05, 0) is 55.0 Å². The van der Waals surface area contributed by atoms with Crippen molar-refractivity contribution in [3.63, 3.8) is 0 Å². The average molecular weight is 381 g/mol. The summed E-state index contributed by atoms with van der Waals surface area (Å²) in [5.41, 5.74) is 2.27. The molecule has 1 atom stereocenters. The Hall–Kier alpha value is -2.08. The van der Waals surface area contributed by atoms with Crippen LogP contribution in [0.5, 0.6) is 0 Å². The quantitative estimate of drug-likeness (QED) is 0.720. The van der Waals surface area contributed by atoms with Crippen molar-refractivity contribution < 1.29 is 14.5 Å². The Morgan fingerprint density at radius 1 is 0.920 bits per heavy atom. The fourth-order valence-electron chi connectivity index (χ4n) is 2.31. The molecule has 0 bridgehead atoms. The number of rotatable bonds is 6. The molecule has 0 saturated heterocycles. The number of anilines is 2. The topological polar surface area (TPSA) is 62.6 Å². The summed E-state index contributed by atoms with van der Waals surface area (Å²) in [5, 5.41) is 6.83. The van der Waals surface area contributed by atoms with E-state index in [-0.39, 0.29) is 24.9 Å². The third-order valence-electron chi connectivity index (χ3n) is 3.52. The molecule has 0 aromatic heterocycles. The summed E-state index contributed by atoms with van der Waals surface area (Å²) in [5.74, 6) is -0.336. The number of nitrogens with one attached hydrogen (secondary N) is 3. The molecular formula is C18H20Cl2N3O2+. The Morgan fingerprint density at radius 2 is 1.48 bits per heavy atom. The van der Waals surface area contributed by atoms with E-state index in [9.17, 15) is 9.59 Å². The lowest BCUT2D eigenvalue weighted by Crippen LogP contribution is -3.11. The van der Waals surface area contributed by atoms with Crippen LogP contribution in [0.2, 0.25) is 10.0 Å². The standard InChI is InChI=1S/C18H19Cl2N3O2/c1-12-9-14(20)5-8-16(12)22-18(25)11-23(2)10-17(24)21-15-6-3-13(19)4-7-15/h3-9H,10-11H2,1-2H3,(H,21,24)(H,22,25)/p+1. The van der Waals surface area contributed by atoms with E-state index in [1.54, 1.807) is 49.5 Å². The number of amides is 2. The molecule has 2 aromatic rings. The fourth-order valence-corrected chi connectivity index (χ4v) is 2.66. The van der Waals surface area contributed by atoms with E-state index >= 15 is 0 Å². The van der Waals surface area contributed by atoms with Gasteiger partial charge in [0, 0.05) is 21.4 Å². The molecule has 1 unspecified atom stereocenters. The molecule has 0 aliphatic carbocycles. The van der Waals surface area contributed by atoms with Crippen molar-refractivity contribution in [2.75, 3.05) is 30.8 Å². The largest absolute Gasteiger partial charge is 0.322 e. The van der Waals surface area contributed by atoms with Crippen LogP contribution >= 0.6 is 23.2 Å². The summed E-state index contributed by atoms with van der Waals surface area (Å²) in [6.45, 7) is 2.23. The number of aryl methyl sites for hydroxylation is 1. The highest BCUT2D eigenvalue weighted by atomic mass is 35.5. The van der Waals surface area contributed by atoms with E-state index in [4.69, 9.17) is 23.2 Å². The van der Waals surface area contributed by atoms with Crippen LogP contribution in [-0.2, 0) is 9.59 Å². The summed E-state index contributed by atoms with van der Waals surface area (Å²) in [6, 6.07) is 12.1. The highest BCUT2D eigenvalue weighted by molar-refractivity contribution is 6.31. The summed E-state index contributed by atoms with van der Waals surface area (Å²) < 4.78 is 0. The number of likely N-dealkylation sites (N-methyl/N-ethyl adjacent to an activating group) is 1. The van der Waals surface area contributed by atoms with Gasteiger partial charge in [-0.2, -0.15) is 0 Å². The first-order valence-corrected chi connectivity index (χ1v) is 8.52. The Balaban J connectivity index is 1.82. The van der Waals surface area contributed by atoms with Gasteiger partial charge in [0.1, 0.15) is 0 Å². The average Bonchev–Trinajstić information content (AvgIpc) is 2.52.